The standard InChI is InChI=1S/C27H31N3O3/c1-32-25-9-7-22(8-10-25)19-30-15-12-21(13-16-30)18-29-27(31)24-11-14-28-26(17-24)33-20-23-5-3-2-4-6-23/h2-11,14,17,21H,12-13,15-16,18-20H2,1H3,(H,29,31). The first-order valence-corrected chi connectivity index (χ1v) is 11.5. The second-order valence-corrected chi connectivity index (χ2v) is 8.43. The second kappa shape index (κ2) is 11.5. The highest BCUT2D eigenvalue weighted by atomic mass is 16.5. The van der Waals surface area contributed by atoms with E-state index in [2.05, 4.69) is 27.3 Å². The predicted octanol–water partition coefficient (Wildman–Crippen LogP) is 4.31. The van der Waals surface area contributed by atoms with Crippen molar-refractivity contribution in [3.63, 3.8) is 0 Å². The Balaban J connectivity index is 1.20. The Morgan fingerprint density at radius 2 is 1.79 bits per heavy atom. The van der Waals surface area contributed by atoms with Gasteiger partial charge in [-0.3, -0.25) is 9.69 Å². The van der Waals surface area contributed by atoms with Crippen molar-refractivity contribution in [1.82, 2.24) is 15.2 Å². The first-order valence-electron chi connectivity index (χ1n) is 11.5. The molecular weight excluding hydrogens is 414 g/mol. The number of amides is 1. The van der Waals surface area contributed by atoms with Gasteiger partial charge in [-0.15, -0.1) is 0 Å². The lowest BCUT2D eigenvalue weighted by Crippen LogP contribution is -2.38. The summed E-state index contributed by atoms with van der Waals surface area (Å²) in [5.74, 6) is 1.76. The monoisotopic (exact) mass is 445 g/mol. The molecule has 2 heterocycles. The topological polar surface area (TPSA) is 63.7 Å². The molecule has 0 radical (unpaired) electrons. The van der Waals surface area contributed by atoms with E-state index in [1.807, 2.05) is 42.5 Å². The normalized spacial score (nSPS) is 14.6. The molecule has 0 aliphatic carbocycles. The third-order valence-electron chi connectivity index (χ3n) is 6.05. The number of carbonyl (C=O) groups is 1. The maximum Gasteiger partial charge on any atom is 0.251 e. The Labute approximate surface area is 195 Å². The number of carbonyl (C=O) groups excluding carboxylic acids is 1. The fourth-order valence-corrected chi connectivity index (χ4v) is 4.04. The van der Waals surface area contributed by atoms with E-state index in [9.17, 15) is 4.79 Å². The van der Waals surface area contributed by atoms with E-state index in [0.29, 0.717) is 30.5 Å². The number of ether oxygens (including phenoxy) is 2. The number of piperidine rings is 1. The molecule has 172 valence electrons. The van der Waals surface area contributed by atoms with Crippen LogP contribution in [0.1, 0.15) is 34.3 Å². The van der Waals surface area contributed by atoms with Crippen molar-refractivity contribution >= 4 is 5.91 Å². The molecule has 0 spiro atoms. The molecule has 4 rings (SSSR count). The third kappa shape index (κ3) is 6.80. The van der Waals surface area contributed by atoms with Gasteiger partial charge in [0.05, 0.1) is 7.11 Å². The summed E-state index contributed by atoms with van der Waals surface area (Å²) >= 11 is 0. The van der Waals surface area contributed by atoms with E-state index in [4.69, 9.17) is 9.47 Å². The van der Waals surface area contributed by atoms with Crippen molar-refractivity contribution in [2.45, 2.75) is 26.0 Å². The van der Waals surface area contributed by atoms with Gasteiger partial charge in [-0.05, 0) is 61.2 Å². The van der Waals surface area contributed by atoms with Crippen LogP contribution >= 0.6 is 0 Å². The Hall–Kier alpha value is -3.38. The molecule has 1 amide bonds. The molecule has 33 heavy (non-hydrogen) atoms. The minimum absolute atomic E-state index is 0.0809. The van der Waals surface area contributed by atoms with Crippen LogP contribution in [0.3, 0.4) is 0 Å². The minimum Gasteiger partial charge on any atom is -0.497 e. The molecule has 6 nitrogen and oxygen atoms in total. The predicted molar refractivity (Wildman–Crippen MR) is 128 cm³/mol. The second-order valence-electron chi connectivity index (χ2n) is 8.43. The first kappa shape index (κ1) is 22.8. The van der Waals surface area contributed by atoms with Crippen molar-refractivity contribution in [2.75, 3.05) is 26.7 Å². The molecule has 1 aromatic heterocycles. The van der Waals surface area contributed by atoms with Crippen LogP contribution in [0.5, 0.6) is 11.6 Å². The molecule has 0 unspecified atom stereocenters. The molecular formula is C27H31N3O3. The number of aromatic nitrogens is 1. The number of likely N-dealkylation sites (tertiary alicyclic amines) is 1. The van der Waals surface area contributed by atoms with Gasteiger partial charge < -0.3 is 14.8 Å². The lowest BCUT2D eigenvalue weighted by atomic mass is 9.96. The molecule has 1 aliphatic heterocycles. The summed E-state index contributed by atoms with van der Waals surface area (Å²) in [6.45, 7) is 4.15. The summed E-state index contributed by atoms with van der Waals surface area (Å²) in [7, 11) is 1.69. The maximum absolute atomic E-state index is 12.7. The fourth-order valence-electron chi connectivity index (χ4n) is 4.04. The van der Waals surface area contributed by atoms with Gasteiger partial charge in [0.2, 0.25) is 5.88 Å². The van der Waals surface area contributed by atoms with Gasteiger partial charge in [0, 0.05) is 30.9 Å². The van der Waals surface area contributed by atoms with Crippen molar-refractivity contribution in [1.29, 1.82) is 0 Å². The van der Waals surface area contributed by atoms with E-state index in [1.54, 1.807) is 25.4 Å². The SMILES string of the molecule is COc1ccc(CN2CCC(CNC(=O)c3ccnc(OCc4ccccc4)c3)CC2)cc1. The van der Waals surface area contributed by atoms with E-state index in [1.165, 1.54) is 5.56 Å². The van der Waals surface area contributed by atoms with Gasteiger partial charge in [-0.1, -0.05) is 42.5 Å². The van der Waals surface area contributed by atoms with Gasteiger partial charge in [0.1, 0.15) is 12.4 Å². The summed E-state index contributed by atoms with van der Waals surface area (Å²) in [5, 5.41) is 3.09. The number of nitrogens with zero attached hydrogens (tertiary/aromatic N) is 2. The van der Waals surface area contributed by atoms with Gasteiger partial charge >= 0.3 is 0 Å². The Bertz CT molecular complexity index is 1020. The summed E-state index contributed by atoms with van der Waals surface area (Å²) in [6, 6.07) is 21.6. The Morgan fingerprint density at radius 3 is 2.52 bits per heavy atom. The number of hydrogen-bond acceptors (Lipinski definition) is 5. The zero-order valence-electron chi connectivity index (χ0n) is 19.1. The van der Waals surface area contributed by atoms with Crippen molar-refractivity contribution in [3.05, 3.63) is 89.6 Å². The summed E-state index contributed by atoms with van der Waals surface area (Å²) in [5.41, 5.74) is 2.93. The largest absolute Gasteiger partial charge is 0.497 e. The lowest BCUT2D eigenvalue weighted by Gasteiger charge is -2.32. The van der Waals surface area contributed by atoms with E-state index < -0.39 is 0 Å². The minimum atomic E-state index is -0.0809. The number of rotatable bonds is 9. The molecule has 1 N–H and O–H groups in total. The third-order valence-corrected chi connectivity index (χ3v) is 6.05. The number of benzene rings is 2. The van der Waals surface area contributed by atoms with E-state index >= 15 is 0 Å². The first-order chi connectivity index (χ1) is 16.2. The van der Waals surface area contributed by atoms with Crippen LogP contribution in [0.2, 0.25) is 0 Å². The highest BCUT2D eigenvalue weighted by molar-refractivity contribution is 5.94. The molecule has 0 saturated carbocycles. The Morgan fingerprint density at radius 1 is 1.03 bits per heavy atom. The van der Waals surface area contributed by atoms with Crippen LogP contribution in [0, 0.1) is 5.92 Å². The van der Waals surface area contributed by atoms with Gasteiger partial charge in [0.15, 0.2) is 0 Å². The average Bonchev–Trinajstić information content (AvgIpc) is 2.88. The van der Waals surface area contributed by atoms with Crippen molar-refractivity contribution < 1.29 is 14.3 Å². The highest BCUT2D eigenvalue weighted by Gasteiger charge is 2.20. The van der Waals surface area contributed by atoms with Crippen molar-refractivity contribution in [2.24, 2.45) is 5.92 Å². The number of methoxy groups -OCH3 is 1. The summed E-state index contributed by atoms with van der Waals surface area (Å²) < 4.78 is 11.0. The number of nitrogens with one attached hydrogen (secondary N) is 1. The molecule has 1 fully saturated rings. The average molecular weight is 446 g/mol. The smallest absolute Gasteiger partial charge is 0.251 e. The van der Waals surface area contributed by atoms with Crippen LogP contribution in [0.15, 0.2) is 72.9 Å². The zero-order chi connectivity index (χ0) is 22.9. The molecule has 1 aliphatic rings. The molecule has 6 heteroatoms. The van der Waals surface area contributed by atoms with Gasteiger partial charge in [-0.25, -0.2) is 4.98 Å². The van der Waals surface area contributed by atoms with Crippen LogP contribution in [-0.2, 0) is 13.2 Å². The fraction of sp³-hybridized carbons (Fsp3) is 0.333. The van der Waals surface area contributed by atoms with Crippen LogP contribution in [-0.4, -0.2) is 42.5 Å². The molecule has 3 aromatic rings. The number of hydrogen-bond donors (Lipinski definition) is 1. The highest BCUT2D eigenvalue weighted by Crippen LogP contribution is 2.20. The van der Waals surface area contributed by atoms with Gasteiger partial charge in [0.25, 0.3) is 5.91 Å². The van der Waals surface area contributed by atoms with E-state index in [-0.39, 0.29) is 5.91 Å². The zero-order valence-corrected chi connectivity index (χ0v) is 19.1. The number of pyridine rings is 1. The van der Waals surface area contributed by atoms with Crippen LogP contribution in [0.4, 0.5) is 0 Å². The van der Waals surface area contributed by atoms with Gasteiger partial charge in [-0.2, -0.15) is 0 Å². The summed E-state index contributed by atoms with van der Waals surface area (Å²) in [6.07, 6.45) is 3.78. The molecule has 2 aromatic carbocycles. The quantitative estimate of drug-likeness (QED) is 0.532. The van der Waals surface area contributed by atoms with Crippen molar-refractivity contribution in [3.8, 4) is 11.6 Å². The van der Waals surface area contributed by atoms with E-state index in [0.717, 1.165) is 43.8 Å². The Kier molecular flexibility index (Phi) is 7.93. The van der Waals surface area contributed by atoms with Crippen LogP contribution < -0.4 is 14.8 Å². The van der Waals surface area contributed by atoms with Crippen LogP contribution in [0.25, 0.3) is 0 Å². The lowest BCUT2D eigenvalue weighted by molar-refractivity contribution is 0.0934. The maximum atomic E-state index is 12.7. The molecule has 0 bridgehead atoms. The molecule has 1 saturated heterocycles. The molecule has 0 atom stereocenters. The summed E-state index contributed by atoms with van der Waals surface area (Å²) in [4.78, 5) is 19.4.